The molecule has 1 aromatic rings. The van der Waals surface area contributed by atoms with Crippen molar-refractivity contribution in [2.24, 2.45) is 0 Å². The maximum Gasteiger partial charge on any atom is 0.306 e. The quantitative estimate of drug-likeness (QED) is 0.844. The van der Waals surface area contributed by atoms with Gasteiger partial charge in [0, 0.05) is 25.0 Å². The normalized spacial score (nSPS) is 19.4. The summed E-state index contributed by atoms with van der Waals surface area (Å²) in [7, 11) is 1.79. The molecule has 0 radical (unpaired) electrons. The van der Waals surface area contributed by atoms with Crippen LogP contribution in [0.25, 0.3) is 0 Å². The molecule has 0 aliphatic carbocycles. The van der Waals surface area contributed by atoms with Crippen molar-refractivity contribution < 1.29 is 19.4 Å². The maximum absolute atomic E-state index is 12.2. The van der Waals surface area contributed by atoms with E-state index in [0.717, 1.165) is 4.88 Å². The molecule has 21 heavy (non-hydrogen) atoms. The van der Waals surface area contributed by atoms with Crippen LogP contribution in [0, 0.1) is 0 Å². The fourth-order valence-corrected chi connectivity index (χ4v) is 3.04. The number of aliphatic carboxylic acids is 1. The van der Waals surface area contributed by atoms with E-state index in [1.54, 1.807) is 23.3 Å². The molecule has 6 nitrogen and oxygen atoms in total. The molecule has 1 N–H and O–H groups in total. The minimum atomic E-state index is -0.872. The predicted octanol–water partition coefficient (Wildman–Crippen LogP) is 0.882. The molecule has 1 aromatic heterocycles. The summed E-state index contributed by atoms with van der Waals surface area (Å²) in [5.74, 6) is -0.831. The Morgan fingerprint density at radius 3 is 3.05 bits per heavy atom. The first-order chi connectivity index (χ1) is 10.0. The van der Waals surface area contributed by atoms with Crippen molar-refractivity contribution in [1.29, 1.82) is 0 Å². The second-order valence-electron chi connectivity index (χ2n) is 5.15. The monoisotopic (exact) mass is 312 g/mol. The van der Waals surface area contributed by atoms with Crippen LogP contribution in [0.1, 0.15) is 11.3 Å². The van der Waals surface area contributed by atoms with Crippen LogP contribution in [-0.4, -0.2) is 66.2 Å². The summed E-state index contributed by atoms with van der Waals surface area (Å²) < 4.78 is 5.40. The summed E-state index contributed by atoms with van der Waals surface area (Å²) in [5, 5.41) is 10.8. The van der Waals surface area contributed by atoms with E-state index in [9.17, 15) is 9.59 Å². The lowest BCUT2D eigenvalue weighted by Gasteiger charge is -2.32. The summed E-state index contributed by atoms with van der Waals surface area (Å²) in [6, 6.07) is 3.98. The highest BCUT2D eigenvalue weighted by molar-refractivity contribution is 7.09. The molecule has 0 spiro atoms. The largest absolute Gasteiger partial charge is 0.481 e. The molecule has 116 valence electrons. The lowest BCUT2D eigenvalue weighted by molar-refractivity contribution is -0.142. The number of carbonyl (C=O) groups is 2. The number of hydrogen-bond donors (Lipinski definition) is 1. The van der Waals surface area contributed by atoms with Crippen LogP contribution in [0.15, 0.2) is 17.5 Å². The van der Waals surface area contributed by atoms with Crippen molar-refractivity contribution >= 4 is 23.2 Å². The van der Waals surface area contributed by atoms with Gasteiger partial charge in [0.2, 0.25) is 5.91 Å². The van der Waals surface area contributed by atoms with Gasteiger partial charge >= 0.3 is 5.97 Å². The smallest absolute Gasteiger partial charge is 0.306 e. The Morgan fingerprint density at radius 2 is 2.38 bits per heavy atom. The number of ether oxygens (including phenoxy) is 1. The van der Waals surface area contributed by atoms with E-state index in [-0.39, 0.29) is 18.4 Å². The second-order valence-corrected chi connectivity index (χ2v) is 6.19. The highest BCUT2D eigenvalue weighted by Crippen LogP contribution is 2.12. The van der Waals surface area contributed by atoms with E-state index in [2.05, 4.69) is 0 Å². The second kappa shape index (κ2) is 7.53. The van der Waals surface area contributed by atoms with Gasteiger partial charge in [-0.15, -0.1) is 11.3 Å². The van der Waals surface area contributed by atoms with Crippen molar-refractivity contribution in [2.75, 3.05) is 33.3 Å². The SMILES string of the molecule is CN(Cc1cccs1)C(=O)CN1CCOC(CC(=O)O)C1. The molecular weight excluding hydrogens is 292 g/mol. The van der Waals surface area contributed by atoms with Crippen LogP contribution in [0.5, 0.6) is 0 Å². The molecule has 1 atom stereocenters. The number of likely N-dealkylation sites (N-methyl/N-ethyl adjacent to an activating group) is 1. The van der Waals surface area contributed by atoms with Gasteiger partial charge in [-0.25, -0.2) is 0 Å². The third-order valence-electron chi connectivity index (χ3n) is 3.38. The molecule has 1 unspecified atom stereocenters. The van der Waals surface area contributed by atoms with Crippen LogP contribution in [-0.2, 0) is 20.9 Å². The van der Waals surface area contributed by atoms with Crippen molar-refractivity contribution in [3.63, 3.8) is 0 Å². The summed E-state index contributed by atoms with van der Waals surface area (Å²) in [4.78, 5) is 27.7. The molecule has 1 fully saturated rings. The lowest BCUT2D eigenvalue weighted by Crippen LogP contribution is -2.47. The minimum absolute atomic E-state index is 0.0181. The summed E-state index contributed by atoms with van der Waals surface area (Å²) in [6.45, 7) is 2.54. The first-order valence-electron chi connectivity index (χ1n) is 6.86. The van der Waals surface area contributed by atoms with Gasteiger partial charge in [0.05, 0.1) is 32.2 Å². The topological polar surface area (TPSA) is 70.1 Å². The van der Waals surface area contributed by atoms with Crippen LogP contribution < -0.4 is 0 Å². The average Bonchev–Trinajstić information content (AvgIpc) is 2.91. The number of thiophene rings is 1. The van der Waals surface area contributed by atoms with E-state index >= 15 is 0 Å². The molecule has 0 bridgehead atoms. The Balaban J connectivity index is 1.79. The lowest BCUT2D eigenvalue weighted by atomic mass is 10.2. The van der Waals surface area contributed by atoms with Gasteiger partial charge in [-0.1, -0.05) is 6.07 Å². The number of nitrogens with zero attached hydrogens (tertiary/aromatic N) is 2. The Bertz CT molecular complexity index is 477. The first kappa shape index (κ1) is 15.9. The van der Waals surface area contributed by atoms with Gasteiger partial charge in [0.25, 0.3) is 0 Å². The van der Waals surface area contributed by atoms with Gasteiger partial charge < -0.3 is 14.7 Å². The summed E-state index contributed by atoms with van der Waals surface area (Å²) in [6.07, 6.45) is -0.345. The molecule has 2 rings (SSSR count). The molecule has 1 aliphatic rings. The molecule has 7 heteroatoms. The van der Waals surface area contributed by atoms with Gasteiger partial charge in [-0.3, -0.25) is 14.5 Å². The number of carbonyl (C=O) groups excluding carboxylic acids is 1. The molecular formula is C14H20N2O4S. The van der Waals surface area contributed by atoms with Gasteiger partial charge in [0.15, 0.2) is 0 Å². The van der Waals surface area contributed by atoms with Gasteiger partial charge in [0.1, 0.15) is 0 Å². The van der Waals surface area contributed by atoms with E-state index < -0.39 is 5.97 Å². The zero-order chi connectivity index (χ0) is 15.2. The molecule has 0 saturated carbocycles. The van der Waals surface area contributed by atoms with Crippen molar-refractivity contribution in [2.45, 2.75) is 19.1 Å². The number of amides is 1. The third kappa shape index (κ3) is 5.11. The summed E-state index contributed by atoms with van der Waals surface area (Å²) in [5.41, 5.74) is 0. The highest BCUT2D eigenvalue weighted by atomic mass is 32.1. The van der Waals surface area contributed by atoms with Crippen molar-refractivity contribution in [3.8, 4) is 0 Å². The highest BCUT2D eigenvalue weighted by Gasteiger charge is 2.24. The standard InChI is InChI=1S/C14H20N2O4S/c1-15(9-12-3-2-6-21-12)13(17)10-16-4-5-20-11(8-16)7-14(18)19/h2-3,6,11H,4-5,7-10H2,1H3,(H,18,19). The van der Waals surface area contributed by atoms with Gasteiger partial charge in [-0.05, 0) is 11.4 Å². The number of carboxylic acid groups (broad SMARTS) is 1. The van der Waals surface area contributed by atoms with Gasteiger partial charge in [-0.2, -0.15) is 0 Å². The zero-order valence-electron chi connectivity index (χ0n) is 12.0. The molecule has 1 amide bonds. The molecule has 2 heterocycles. The molecule has 0 aromatic carbocycles. The van der Waals surface area contributed by atoms with Crippen LogP contribution in [0.4, 0.5) is 0 Å². The number of hydrogen-bond acceptors (Lipinski definition) is 5. The summed E-state index contributed by atoms with van der Waals surface area (Å²) >= 11 is 1.63. The van der Waals surface area contributed by atoms with E-state index in [1.165, 1.54) is 0 Å². The van der Waals surface area contributed by atoms with Crippen LogP contribution >= 0.6 is 11.3 Å². The Kier molecular flexibility index (Phi) is 5.72. The van der Waals surface area contributed by atoms with Crippen LogP contribution in [0.3, 0.4) is 0 Å². The molecule has 1 saturated heterocycles. The first-order valence-corrected chi connectivity index (χ1v) is 7.74. The molecule has 1 aliphatic heterocycles. The predicted molar refractivity (Wildman–Crippen MR) is 79.2 cm³/mol. The Labute approximate surface area is 127 Å². The van der Waals surface area contributed by atoms with Crippen LogP contribution in [0.2, 0.25) is 0 Å². The number of morpholine rings is 1. The number of carboxylic acids is 1. The average molecular weight is 312 g/mol. The van der Waals surface area contributed by atoms with E-state index in [1.807, 2.05) is 22.4 Å². The van der Waals surface area contributed by atoms with Crippen molar-refractivity contribution in [3.05, 3.63) is 22.4 Å². The zero-order valence-corrected chi connectivity index (χ0v) is 12.8. The Morgan fingerprint density at radius 1 is 1.57 bits per heavy atom. The minimum Gasteiger partial charge on any atom is -0.481 e. The fraction of sp³-hybridized carbons (Fsp3) is 0.571. The van der Waals surface area contributed by atoms with E-state index in [4.69, 9.17) is 9.84 Å². The van der Waals surface area contributed by atoms with Crippen molar-refractivity contribution in [1.82, 2.24) is 9.80 Å². The Hall–Kier alpha value is -1.44. The maximum atomic E-state index is 12.2. The fourth-order valence-electron chi connectivity index (χ4n) is 2.28. The third-order valence-corrected chi connectivity index (χ3v) is 4.24. The number of rotatable bonds is 6. The van der Waals surface area contributed by atoms with E-state index in [0.29, 0.717) is 32.8 Å².